The average molecular weight is 267 g/mol. The topological polar surface area (TPSA) is 29.3 Å². The lowest BCUT2D eigenvalue weighted by atomic mass is 9.90. The van der Waals surface area contributed by atoms with Gasteiger partial charge in [-0.05, 0) is 51.3 Å². The van der Waals surface area contributed by atoms with Crippen LogP contribution in [0.15, 0.2) is 24.3 Å². The highest BCUT2D eigenvalue weighted by Gasteiger charge is 2.26. The first-order valence-corrected chi connectivity index (χ1v) is 7.19. The fourth-order valence-electron chi connectivity index (χ4n) is 2.86. The van der Waals surface area contributed by atoms with E-state index in [2.05, 4.69) is 31.0 Å². The van der Waals surface area contributed by atoms with Gasteiger partial charge in [0.25, 0.3) is 0 Å². The highest BCUT2D eigenvalue weighted by molar-refractivity contribution is 6.31. The van der Waals surface area contributed by atoms with Crippen molar-refractivity contribution in [1.29, 1.82) is 0 Å². The maximum absolute atomic E-state index is 6.28. The summed E-state index contributed by atoms with van der Waals surface area (Å²) >= 11 is 6.28. The zero-order valence-corrected chi connectivity index (χ0v) is 12.0. The van der Waals surface area contributed by atoms with Crippen LogP contribution in [0.1, 0.15) is 44.2 Å². The normalized spacial score (nSPS) is 26.3. The van der Waals surface area contributed by atoms with E-state index >= 15 is 0 Å². The maximum atomic E-state index is 6.28. The van der Waals surface area contributed by atoms with Crippen LogP contribution in [0.4, 0.5) is 0 Å². The summed E-state index contributed by atoms with van der Waals surface area (Å²) < 4.78 is 0. The Morgan fingerprint density at radius 1 is 1.22 bits per heavy atom. The van der Waals surface area contributed by atoms with E-state index in [0.29, 0.717) is 18.1 Å². The van der Waals surface area contributed by atoms with Crippen molar-refractivity contribution >= 4 is 11.6 Å². The molecule has 0 amide bonds. The third-order valence-corrected chi connectivity index (χ3v) is 4.63. The molecule has 1 aromatic rings. The molecule has 0 spiro atoms. The summed E-state index contributed by atoms with van der Waals surface area (Å²) in [6.45, 7) is 2.23. The van der Waals surface area contributed by atoms with E-state index in [1.54, 1.807) is 0 Å². The first kappa shape index (κ1) is 13.9. The predicted molar refractivity (Wildman–Crippen MR) is 77.9 cm³/mol. The highest BCUT2D eigenvalue weighted by Crippen LogP contribution is 2.31. The Bertz CT molecular complexity index is 386. The fourth-order valence-corrected chi connectivity index (χ4v) is 3.15. The number of rotatable bonds is 3. The number of nitrogens with zero attached hydrogens (tertiary/aromatic N) is 1. The van der Waals surface area contributed by atoms with Gasteiger partial charge in [0.1, 0.15) is 0 Å². The second-order valence-corrected chi connectivity index (χ2v) is 5.84. The van der Waals surface area contributed by atoms with E-state index < -0.39 is 0 Å². The summed E-state index contributed by atoms with van der Waals surface area (Å²) in [5.74, 6) is 0. The third-order valence-electron chi connectivity index (χ3n) is 4.28. The fraction of sp³-hybridized carbons (Fsp3) is 0.600. The molecule has 2 rings (SSSR count). The Hall–Kier alpha value is -0.570. The van der Waals surface area contributed by atoms with Gasteiger partial charge in [-0.15, -0.1) is 0 Å². The van der Waals surface area contributed by atoms with E-state index in [0.717, 1.165) is 17.9 Å². The molecule has 0 saturated heterocycles. The summed E-state index contributed by atoms with van der Waals surface area (Å²) in [4.78, 5) is 2.45. The minimum Gasteiger partial charge on any atom is -0.328 e. The molecule has 18 heavy (non-hydrogen) atoms. The van der Waals surface area contributed by atoms with Crippen LogP contribution >= 0.6 is 11.6 Å². The number of hydrogen-bond acceptors (Lipinski definition) is 2. The van der Waals surface area contributed by atoms with Crippen LogP contribution in [0.3, 0.4) is 0 Å². The zero-order chi connectivity index (χ0) is 13.1. The number of halogens is 1. The smallest absolute Gasteiger partial charge is 0.0453 e. The summed E-state index contributed by atoms with van der Waals surface area (Å²) in [6, 6.07) is 9.54. The van der Waals surface area contributed by atoms with Crippen LogP contribution in [0.25, 0.3) is 0 Å². The molecule has 1 aromatic carbocycles. The lowest BCUT2D eigenvalue weighted by Crippen LogP contribution is -2.39. The molecule has 1 unspecified atom stereocenters. The summed E-state index contributed by atoms with van der Waals surface area (Å²) in [5, 5.41) is 0.865. The monoisotopic (exact) mass is 266 g/mol. The number of hydrogen-bond donors (Lipinski definition) is 1. The van der Waals surface area contributed by atoms with Crippen molar-refractivity contribution in [3.63, 3.8) is 0 Å². The van der Waals surface area contributed by atoms with Crippen LogP contribution < -0.4 is 5.73 Å². The standard InChI is InChI=1S/C15H23ClN2/c1-11(14-5-3-4-6-15(14)16)18(2)13-9-7-12(17)8-10-13/h3-6,11-13H,7-10,17H2,1-2H3. The van der Waals surface area contributed by atoms with Gasteiger partial charge in [0.05, 0.1) is 0 Å². The molecule has 0 bridgehead atoms. The van der Waals surface area contributed by atoms with Crippen LogP contribution in [0.5, 0.6) is 0 Å². The molecule has 100 valence electrons. The van der Waals surface area contributed by atoms with Gasteiger partial charge in [-0.3, -0.25) is 4.90 Å². The second kappa shape index (κ2) is 6.05. The molecule has 1 fully saturated rings. The SMILES string of the molecule is CC(c1ccccc1Cl)N(C)C1CCC(N)CC1. The summed E-state index contributed by atoms with van der Waals surface area (Å²) in [6.07, 6.45) is 4.69. The van der Waals surface area contributed by atoms with Gasteiger partial charge < -0.3 is 5.73 Å². The highest BCUT2D eigenvalue weighted by atomic mass is 35.5. The molecule has 2 nitrogen and oxygen atoms in total. The summed E-state index contributed by atoms with van der Waals surface area (Å²) in [5.41, 5.74) is 7.19. The molecule has 0 aromatic heterocycles. The Balaban J connectivity index is 2.05. The Labute approximate surface area is 115 Å². The minimum absolute atomic E-state index is 0.359. The van der Waals surface area contributed by atoms with Crippen molar-refractivity contribution in [2.45, 2.75) is 50.7 Å². The Kier molecular flexibility index (Phi) is 4.66. The Morgan fingerprint density at radius 2 is 1.83 bits per heavy atom. The van der Waals surface area contributed by atoms with Crippen molar-refractivity contribution in [3.05, 3.63) is 34.9 Å². The number of benzene rings is 1. The first-order valence-electron chi connectivity index (χ1n) is 6.81. The van der Waals surface area contributed by atoms with Crippen molar-refractivity contribution in [3.8, 4) is 0 Å². The molecule has 2 N–H and O–H groups in total. The molecule has 0 radical (unpaired) electrons. The third kappa shape index (κ3) is 3.05. The zero-order valence-electron chi connectivity index (χ0n) is 11.3. The van der Waals surface area contributed by atoms with Crippen molar-refractivity contribution in [2.75, 3.05) is 7.05 Å². The van der Waals surface area contributed by atoms with E-state index in [-0.39, 0.29) is 0 Å². The van der Waals surface area contributed by atoms with Crippen molar-refractivity contribution in [2.24, 2.45) is 5.73 Å². The molecule has 0 aliphatic heterocycles. The molecule has 1 aliphatic carbocycles. The number of nitrogens with two attached hydrogens (primary N) is 1. The first-order chi connectivity index (χ1) is 8.59. The second-order valence-electron chi connectivity index (χ2n) is 5.43. The minimum atomic E-state index is 0.359. The van der Waals surface area contributed by atoms with Crippen molar-refractivity contribution in [1.82, 2.24) is 4.90 Å². The molecule has 1 saturated carbocycles. The van der Waals surface area contributed by atoms with Gasteiger partial charge >= 0.3 is 0 Å². The molecule has 1 atom stereocenters. The van der Waals surface area contributed by atoms with Crippen LogP contribution in [0, 0.1) is 0 Å². The lowest BCUT2D eigenvalue weighted by molar-refractivity contribution is 0.140. The predicted octanol–water partition coefficient (Wildman–Crippen LogP) is 3.60. The molecular formula is C15H23ClN2. The van der Waals surface area contributed by atoms with E-state index in [9.17, 15) is 0 Å². The van der Waals surface area contributed by atoms with E-state index in [4.69, 9.17) is 17.3 Å². The van der Waals surface area contributed by atoms with Gasteiger partial charge in [-0.1, -0.05) is 29.8 Å². The largest absolute Gasteiger partial charge is 0.328 e. The summed E-state index contributed by atoms with van der Waals surface area (Å²) in [7, 11) is 2.20. The molecule has 1 aliphatic rings. The Morgan fingerprint density at radius 3 is 2.44 bits per heavy atom. The average Bonchev–Trinajstić information content (AvgIpc) is 2.38. The lowest BCUT2D eigenvalue weighted by Gasteiger charge is -2.37. The van der Waals surface area contributed by atoms with Gasteiger partial charge in [0.2, 0.25) is 0 Å². The van der Waals surface area contributed by atoms with Gasteiger partial charge in [-0.25, -0.2) is 0 Å². The van der Waals surface area contributed by atoms with Gasteiger partial charge in [0.15, 0.2) is 0 Å². The van der Waals surface area contributed by atoms with Crippen molar-refractivity contribution < 1.29 is 0 Å². The van der Waals surface area contributed by atoms with Crippen LogP contribution in [0.2, 0.25) is 5.02 Å². The van der Waals surface area contributed by atoms with Gasteiger partial charge in [-0.2, -0.15) is 0 Å². The van der Waals surface area contributed by atoms with Crippen LogP contribution in [-0.2, 0) is 0 Å². The molecule has 3 heteroatoms. The van der Waals surface area contributed by atoms with E-state index in [1.807, 2.05) is 12.1 Å². The quantitative estimate of drug-likeness (QED) is 0.906. The van der Waals surface area contributed by atoms with Crippen LogP contribution in [-0.4, -0.2) is 24.0 Å². The maximum Gasteiger partial charge on any atom is 0.0453 e. The van der Waals surface area contributed by atoms with Gasteiger partial charge in [0, 0.05) is 23.1 Å². The van der Waals surface area contributed by atoms with E-state index in [1.165, 1.54) is 18.4 Å². The molecule has 0 heterocycles. The molecular weight excluding hydrogens is 244 g/mol.